The summed E-state index contributed by atoms with van der Waals surface area (Å²) in [5.41, 5.74) is 0. The Labute approximate surface area is 99.1 Å². The Morgan fingerprint density at radius 3 is 0.833 bits per heavy atom. The molecule has 4 nitrogen and oxygen atoms in total. The Balaban J connectivity index is 0. The van der Waals surface area contributed by atoms with Gasteiger partial charge in [0.1, 0.15) is 0 Å². The molecule has 0 fully saturated rings. The van der Waals surface area contributed by atoms with Crippen molar-refractivity contribution in [2.45, 2.75) is 12.4 Å². The molecule has 0 saturated carbocycles. The lowest BCUT2D eigenvalue weighted by Crippen LogP contribution is -2.35. The van der Waals surface area contributed by atoms with Crippen LogP contribution in [0.25, 0.3) is 0 Å². The number of alkyl halides is 6. The fourth-order valence-electron chi connectivity index (χ4n) is 0.507. The molecule has 0 atom stereocenters. The molecular weight excluding hydrogens is 270 g/mol. The van der Waals surface area contributed by atoms with Gasteiger partial charge in [0.15, 0.2) is 0 Å². The zero-order valence-corrected chi connectivity index (χ0v) is 9.98. The third-order valence-electron chi connectivity index (χ3n) is 1.30. The van der Waals surface area contributed by atoms with Gasteiger partial charge in [-0.1, -0.05) is 0 Å². The van der Waals surface area contributed by atoms with Crippen molar-refractivity contribution in [3.8, 4) is 0 Å². The summed E-state index contributed by atoms with van der Waals surface area (Å²) < 4.78 is 67.9. The summed E-state index contributed by atoms with van der Waals surface area (Å²) in [6.07, 6.45) is -9.47. The van der Waals surface area contributed by atoms with Crippen LogP contribution < -0.4 is 0 Å². The van der Waals surface area contributed by atoms with Crippen molar-refractivity contribution < 1.29 is 35.9 Å². The Morgan fingerprint density at radius 2 is 0.833 bits per heavy atom. The van der Waals surface area contributed by atoms with Gasteiger partial charge in [-0.25, -0.2) is 0 Å². The summed E-state index contributed by atoms with van der Waals surface area (Å²) >= 11 is 0. The van der Waals surface area contributed by atoms with Crippen LogP contribution in [0, 0.1) is 0 Å². The van der Waals surface area contributed by atoms with Gasteiger partial charge in [-0.3, -0.25) is 9.59 Å². The highest BCUT2D eigenvalue weighted by atomic mass is 19.4. The standard InChI is InChI=1S/2C4H6F3NO/c2*1-8(2)3(9)4(5,6)7/h2*1-2H3. The molecule has 0 aliphatic heterocycles. The van der Waals surface area contributed by atoms with Crippen molar-refractivity contribution in [3.63, 3.8) is 0 Å². The van der Waals surface area contributed by atoms with Gasteiger partial charge in [0, 0.05) is 28.2 Å². The molecule has 0 aliphatic carbocycles. The van der Waals surface area contributed by atoms with Crippen LogP contribution in [0.2, 0.25) is 0 Å². The molecular formula is C8H12F6N2O2. The molecule has 0 N–H and O–H groups in total. The van der Waals surface area contributed by atoms with Crippen LogP contribution in [0.4, 0.5) is 26.3 Å². The molecule has 0 rings (SSSR count). The topological polar surface area (TPSA) is 40.6 Å². The van der Waals surface area contributed by atoms with Crippen LogP contribution in [0.15, 0.2) is 0 Å². The predicted molar refractivity (Wildman–Crippen MR) is 49.5 cm³/mol. The van der Waals surface area contributed by atoms with E-state index >= 15 is 0 Å². The van der Waals surface area contributed by atoms with Gasteiger partial charge in [-0.2, -0.15) is 26.3 Å². The Bertz CT molecular complexity index is 265. The largest absolute Gasteiger partial charge is 0.471 e. The summed E-state index contributed by atoms with van der Waals surface area (Å²) in [6.45, 7) is 0. The fourth-order valence-corrected chi connectivity index (χ4v) is 0.507. The molecule has 0 aromatic heterocycles. The lowest BCUT2D eigenvalue weighted by Gasteiger charge is -2.11. The Hall–Kier alpha value is -1.48. The van der Waals surface area contributed by atoms with E-state index in [0.717, 1.165) is 28.2 Å². The van der Waals surface area contributed by atoms with E-state index in [1.54, 1.807) is 0 Å². The maximum Gasteiger partial charge on any atom is 0.471 e. The third kappa shape index (κ3) is 7.74. The van der Waals surface area contributed by atoms with Crippen LogP contribution in [-0.4, -0.2) is 62.2 Å². The molecule has 108 valence electrons. The molecule has 0 saturated heterocycles. The summed E-state index contributed by atoms with van der Waals surface area (Å²) in [5.74, 6) is -3.66. The average Bonchev–Trinajstić information content (AvgIpc) is 2.13. The normalized spacial score (nSPS) is 11.2. The Morgan fingerprint density at radius 1 is 0.667 bits per heavy atom. The highest BCUT2D eigenvalue weighted by Crippen LogP contribution is 2.16. The molecule has 0 heterocycles. The van der Waals surface area contributed by atoms with Crippen LogP contribution >= 0.6 is 0 Å². The van der Waals surface area contributed by atoms with E-state index in [0.29, 0.717) is 9.80 Å². The minimum atomic E-state index is -4.73. The minimum absolute atomic E-state index is 0.486. The second-order valence-electron chi connectivity index (χ2n) is 3.39. The molecule has 10 heteroatoms. The van der Waals surface area contributed by atoms with E-state index in [1.807, 2.05) is 0 Å². The number of hydrogen-bond donors (Lipinski definition) is 0. The molecule has 18 heavy (non-hydrogen) atoms. The first-order valence-electron chi connectivity index (χ1n) is 4.28. The SMILES string of the molecule is CN(C)C(=O)C(F)(F)F.CN(C)C(=O)C(F)(F)F. The summed E-state index contributed by atoms with van der Waals surface area (Å²) in [5, 5.41) is 0. The number of halogens is 6. The molecule has 0 aromatic rings. The van der Waals surface area contributed by atoms with E-state index in [2.05, 4.69) is 0 Å². The van der Waals surface area contributed by atoms with Gasteiger partial charge in [-0.05, 0) is 0 Å². The van der Waals surface area contributed by atoms with Crippen LogP contribution in [0.1, 0.15) is 0 Å². The van der Waals surface area contributed by atoms with Gasteiger partial charge < -0.3 is 9.80 Å². The first-order valence-corrected chi connectivity index (χ1v) is 4.28. The molecule has 0 unspecified atom stereocenters. The van der Waals surface area contributed by atoms with Crippen molar-refractivity contribution in [1.29, 1.82) is 0 Å². The summed E-state index contributed by atoms with van der Waals surface area (Å²) in [6, 6.07) is 0. The van der Waals surface area contributed by atoms with E-state index in [9.17, 15) is 35.9 Å². The fraction of sp³-hybridized carbons (Fsp3) is 0.750. The van der Waals surface area contributed by atoms with Gasteiger partial charge >= 0.3 is 24.2 Å². The van der Waals surface area contributed by atoms with E-state index in [-0.39, 0.29) is 0 Å². The van der Waals surface area contributed by atoms with Gasteiger partial charge in [-0.15, -0.1) is 0 Å². The molecule has 0 radical (unpaired) electrons. The second-order valence-corrected chi connectivity index (χ2v) is 3.39. The molecule has 0 aromatic carbocycles. The third-order valence-corrected chi connectivity index (χ3v) is 1.30. The number of hydrogen-bond acceptors (Lipinski definition) is 2. The number of nitrogens with zero attached hydrogens (tertiary/aromatic N) is 2. The molecule has 2 amide bonds. The maximum absolute atomic E-state index is 11.3. The number of rotatable bonds is 0. The molecule has 0 aliphatic rings. The zero-order valence-electron chi connectivity index (χ0n) is 9.98. The lowest BCUT2D eigenvalue weighted by atomic mass is 10.5. The predicted octanol–water partition coefficient (Wildman–Crippen LogP) is 1.27. The lowest BCUT2D eigenvalue weighted by molar-refractivity contribution is -0.182. The monoisotopic (exact) mass is 282 g/mol. The van der Waals surface area contributed by atoms with Crippen molar-refractivity contribution in [2.24, 2.45) is 0 Å². The number of amides is 2. The molecule has 0 bridgehead atoms. The van der Waals surface area contributed by atoms with Crippen molar-refractivity contribution in [1.82, 2.24) is 9.80 Å². The molecule has 0 spiro atoms. The summed E-state index contributed by atoms with van der Waals surface area (Å²) in [7, 11) is 4.21. The van der Waals surface area contributed by atoms with Gasteiger partial charge in [0.2, 0.25) is 0 Å². The minimum Gasteiger partial charge on any atom is -0.341 e. The van der Waals surface area contributed by atoms with Gasteiger partial charge in [0.05, 0.1) is 0 Å². The highest BCUT2D eigenvalue weighted by molar-refractivity contribution is 5.81. The zero-order chi connectivity index (χ0) is 15.3. The first kappa shape index (κ1) is 18.9. The first-order chi connectivity index (χ1) is 7.71. The van der Waals surface area contributed by atoms with Gasteiger partial charge in [0.25, 0.3) is 0 Å². The quantitative estimate of drug-likeness (QED) is 0.628. The van der Waals surface area contributed by atoms with Crippen molar-refractivity contribution in [2.75, 3.05) is 28.2 Å². The number of carbonyl (C=O) groups excluding carboxylic acids is 2. The Kier molecular flexibility index (Phi) is 6.77. The van der Waals surface area contributed by atoms with Crippen LogP contribution in [0.3, 0.4) is 0 Å². The van der Waals surface area contributed by atoms with E-state index < -0.39 is 24.2 Å². The second kappa shape index (κ2) is 6.45. The van der Waals surface area contributed by atoms with Crippen molar-refractivity contribution >= 4 is 11.8 Å². The highest BCUT2D eigenvalue weighted by Gasteiger charge is 2.40. The smallest absolute Gasteiger partial charge is 0.341 e. The van der Waals surface area contributed by atoms with Crippen LogP contribution in [0.5, 0.6) is 0 Å². The number of carbonyl (C=O) groups is 2. The average molecular weight is 282 g/mol. The van der Waals surface area contributed by atoms with Crippen LogP contribution in [-0.2, 0) is 9.59 Å². The van der Waals surface area contributed by atoms with Crippen molar-refractivity contribution in [3.05, 3.63) is 0 Å². The summed E-state index contributed by atoms with van der Waals surface area (Å²) in [4.78, 5) is 20.9. The van der Waals surface area contributed by atoms with E-state index in [1.165, 1.54) is 0 Å². The maximum atomic E-state index is 11.3. The van der Waals surface area contributed by atoms with E-state index in [4.69, 9.17) is 0 Å².